The zero-order valence-electron chi connectivity index (χ0n) is 15.3. The minimum absolute atomic E-state index is 0.229. The third kappa shape index (κ3) is 3.45. The lowest BCUT2D eigenvalue weighted by atomic mass is 10.1. The molecule has 0 amide bonds. The summed E-state index contributed by atoms with van der Waals surface area (Å²) in [5.41, 5.74) is 4.26. The number of benzene rings is 2. The van der Waals surface area contributed by atoms with Crippen LogP contribution in [0.5, 0.6) is 11.5 Å². The van der Waals surface area contributed by atoms with Crippen LogP contribution < -0.4 is 15.1 Å². The quantitative estimate of drug-likeness (QED) is 0.399. The fourth-order valence-corrected chi connectivity index (χ4v) is 3.43. The van der Waals surface area contributed by atoms with Crippen molar-refractivity contribution in [3.05, 3.63) is 69.1 Å². The zero-order chi connectivity index (χ0) is 19.0. The average molecular weight is 364 g/mol. The van der Waals surface area contributed by atoms with E-state index in [4.69, 9.17) is 13.9 Å². The van der Waals surface area contributed by atoms with Crippen LogP contribution in [0.15, 0.2) is 45.6 Å². The molecule has 0 fully saturated rings. The first-order chi connectivity index (χ1) is 13.0. The molecule has 0 N–H and O–H groups in total. The molecular weight excluding hydrogens is 344 g/mol. The molecule has 4 rings (SSSR count). The fraction of sp³-hybridized carbons (Fsp3) is 0.273. The fourth-order valence-electron chi connectivity index (χ4n) is 3.43. The minimum Gasteiger partial charge on any atom is -0.482 e. The Morgan fingerprint density at radius 3 is 2.59 bits per heavy atom. The first kappa shape index (κ1) is 17.3. The highest BCUT2D eigenvalue weighted by Crippen LogP contribution is 2.29. The number of aryl methyl sites for hydroxylation is 3. The van der Waals surface area contributed by atoms with E-state index in [9.17, 15) is 9.59 Å². The van der Waals surface area contributed by atoms with Gasteiger partial charge >= 0.3 is 11.6 Å². The van der Waals surface area contributed by atoms with Crippen molar-refractivity contribution in [3.8, 4) is 11.5 Å². The molecule has 3 aromatic rings. The molecule has 0 spiro atoms. The predicted octanol–water partition coefficient (Wildman–Crippen LogP) is 3.88. The van der Waals surface area contributed by atoms with Gasteiger partial charge in [0.15, 0.2) is 6.61 Å². The molecule has 0 saturated carbocycles. The minimum atomic E-state index is -0.492. The molecule has 1 aromatic heterocycles. The Morgan fingerprint density at radius 2 is 1.78 bits per heavy atom. The number of hydrogen-bond donors (Lipinski definition) is 0. The number of fused-ring (bicyclic) bond motifs is 3. The molecular formula is C22H20O5. The lowest BCUT2D eigenvalue weighted by molar-refractivity contribution is -0.136. The number of carbonyl (C=O) groups is 1. The van der Waals surface area contributed by atoms with E-state index in [1.807, 2.05) is 32.0 Å². The first-order valence-electron chi connectivity index (χ1n) is 9.00. The monoisotopic (exact) mass is 364 g/mol. The molecule has 0 saturated heterocycles. The molecule has 0 aliphatic heterocycles. The molecule has 0 bridgehead atoms. The summed E-state index contributed by atoms with van der Waals surface area (Å²) < 4.78 is 16.2. The number of esters is 1. The van der Waals surface area contributed by atoms with Gasteiger partial charge in [-0.1, -0.05) is 6.07 Å². The second kappa shape index (κ2) is 6.91. The van der Waals surface area contributed by atoms with Crippen molar-refractivity contribution in [1.29, 1.82) is 0 Å². The SMILES string of the molecule is Cc1ccc(OC(=O)COc2ccc3c4c(c(=O)oc3c2)CCC4)cc1C. The van der Waals surface area contributed by atoms with Gasteiger partial charge in [0.05, 0.1) is 0 Å². The third-order valence-electron chi connectivity index (χ3n) is 5.01. The summed E-state index contributed by atoms with van der Waals surface area (Å²) in [4.78, 5) is 24.1. The van der Waals surface area contributed by atoms with Crippen LogP contribution in [0, 0.1) is 13.8 Å². The van der Waals surface area contributed by atoms with Crippen molar-refractivity contribution < 1.29 is 18.7 Å². The normalized spacial score (nSPS) is 12.8. The van der Waals surface area contributed by atoms with Crippen molar-refractivity contribution in [1.82, 2.24) is 0 Å². The van der Waals surface area contributed by atoms with Crippen LogP contribution >= 0.6 is 0 Å². The lowest BCUT2D eigenvalue weighted by Gasteiger charge is -2.09. The van der Waals surface area contributed by atoms with Gasteiger partial charge in [-0.15, -0.1) is 0 Å². The van der Waals surface area contributed by atoms with Crippen molar-refractivity contribution in [3.63, 3.8) is 0 Å². The van der Waals surface area contributed by atoms with Crippen molar-refractivity contribution in [2.75, 3.05) is 6.61 Å². The summed E-state index contributed by atoms with van der Waals surface area (Å²) in [6, 6.07) is 10.8. The molecule has 0 radical (unpaired) electrons. The maximum absolute atomic E-state index is 12.1. The van der Waals surface area contributed by atoms with Crippen LogP contribution in [-0.4, -0.2) is 12.6 Å². The van der Waals surface area contributed by atoms with Crippen LogP contribution in [-0.2, 0) is 17.6 Å². The molecule has 2 aromatic carbocycles. The number of rotatable bonds is 4. The molecule has 1 heterocycles. The van der Waals surface area contributed by atoms with Gasteiger partial charge in [0.25, 0.3) is 0 Å². The molecule has 27 heavy (non-hydrogen) atoms. The Kier molecular flexibility index (Phi) is 4.44. The van der Waals surface area contributed by atoms with E-state index >= 15 is 0 Å². The van der Waals surface area contributed by atoms with E-state index in [2.05, 4.69) is 0 Å². The summed E-state index contributed by atoms with van der Waals surface area (Å²) >= 11 is 0. The molecule has 1 aliphatic rings. The Balaban J connectivity index is 1.47. The van der Waals surface area contributed by atoms with Crippen LogP contribution in [0.3, 0.4) is 0 Å². The number of carbonyl (C=O) groups excluding carboxylic acids is 1. The summed E-state index contributed by atoms with van der Waals surface area (Å²) in [7, 11) is 0. The Morgan fingerprint density at radius 1 is 1.00 bits per heavy atom. The van der Waals surface area contributed by atoms with E-state index in [-0.39, 0.29) is 12.2 Å². The van der Waals surface area contributed by atoms with Gasteiger partial charge in [-0.25, -0.2) is 9.59 Å². The van der Waals surface area contributed by atoms with Gasteiger partial charge in [-0.2, -0.15) is 0 Å². The van der Waals surface area contributed by atoms with Gasteiger partial charge in [0, 0.05) is 17.0 Å². The Bertz CT molecular complexity index is 1090. The summed E-state index contributed by atoms with van der Waals surface area (Å²) in [6.07, 6.45) is 2.64. The second-order valence-corrected chi connectivity index (χ2v) is 6.87. The van der Waals surface area contributed by atoms with Crippen molar-refractivity contribution >= 4 is 16.9 Å². The second-order valence-electron chi connectivity index (χ2n) is 6.87. The van der Waals surface area contributed by atoms with Crippen LogP contribution in [0.2, 0.25) is 0 Å². The third-order valence-corrected chi connectivity index (χ3v) is 5.01. The largest absolute Gasteiger partial charge is 0.482 e. The zero-order valence-corrected chi connectivity index (χ0v) is 15.3. The van der Waals surface area contributed by atoms with Crippen LogP contribution in [0.1, 0.15) is 28.7 Å². The molecule has 5 nitrogen and oxygen atoms in total. The van der Waals surface area contributed by atoms with Gasteiger partial charge in [0.2, 0.25) is 0 Å². The van der Waals surface area contributed by atoms with E-state index in [1.165, 1.54) is 0 Å². The molecule has 5 heteroatoms. The summed E-state index contributed by atoms with van der Waals surface area (Å²) in [5.74, 6) is 0.459. The highest BCUT2D eigenvalue weighted by molar-refractivity contribution is 5.83. The molecule has 138 valence electrons. The van der Waals surface area contributed by atoms with Gasteiger partial charge in [0.1, 0.15) is 17.1 Å². The van der Waals surface area contributed by atoms with Crippen LogP contribution in [0.4, 0.5) is 0 Å². The highest BCUT2D eigenvalue weighted by atomic mass is 16.6. The molecule has 0 unspecified atom stereocenters. The number of hydrogen-bond acceptors (Lipinski definition) is 5. The van der Waals surface area contributed by atoms with E-state index in [0.717, 1.165) is 46.9 Å². The maximum atomic E-state index is 12.1. The maximum Gasteiger partial charge on any atom is 0.349 e. The Hall–Kier alpha value is -3.08. The summed E-state index contributed by atoms with van der Waals surface area (Å²) in [5, 5.41) is 0.937. The first-order valence-corrected chi connectivity index (χ1v) is 9.00. The predicted molar refractivity (Wildman–Crippen MR) is 102 cm³/mol. The smallest absolute Gasteiger partial charge is 0.349 e. The van der Waals surface area contributed by atoms with Crippen molar-refractivity contribution in [2.24, 2.45) is 0 Å². The average Bonchev–Trinajstić information content (AvgIpc) is 3.14. The molecule has 0 atom stereocenters. The molecule has 1 aliphatic carbocycles. The van der Waals surface area contributed by atoms with E-state index in [0.29, 0.717) is 17.1 Å². The topological polar surface area (TPSA) is 65.7 Å². The van der Waals surface area contributed by atoms with Gasteiger partial charge in [-0.3, -0.25) is 0 Å². The van der Waals surface area contributed by atoms with Gasteiger partial charge in [-0.05, 0) is 74.1 Å². The number of ether oxygens (including phenoxy) is 2. The standard InChI is InChI=1S/C22H20O5/c1-13-6-7-16(10-14(13)2)26-21(23)12-25-15-8-9-18-17-4-3-5-19(17)22(24)27-20(18)11-15/h6-11H,3-5,12H2,1-2H3. The van der Waals surface area contributed by atoms with E-state index in [1.54, 1.807) is 18.2 Å². The summed E-state index contributed by atoms with van der Waals surface area (Å²) in [6.45, 7) is 3.73. The lowest BCUT2D eigenvalue weighted by Crippen LogP contribution is -2.17. The Labute approximate surface area is 156 Å². The van der Waals surface area contributed by atoms with Crippen LogP contribution in [0.25, 0.3) is 11.0 Å². The highest BCUT2D eigenvalue weighted by Gasteiger charge is 2.19. The van der Waals surface area contributed by atoms with E-state index < -0.39 is 5.97 Å². The van der Waals surface area contributed by atoms with Crippen molar-refractivity contribution in [2.45, 2.75) is 33.1 Å². The van der Waals surface area contributed by atoms with Gasteiger partial charge < -0.3 is 13.9 Å².